The van der Waals surface area contributed by atoms with E-state index in [4.69, 9.17) is 4.74 Å². The van der Waals surface area contributed by atoms with E-state index < -0.39 is 13.0 Å². The van der Waals surface area contributed by atoms with Crippen molar-refractivity contribution in [1.29, 1.82) is 0 Å². The largest absolute Gasteiger partial charge is 0.374 e. The maximum Gasteiger partial charge on any atom is 0.261 e. The van der Waals surface area contributed by atoms with Crippen molar-refractivity contribution < 1.29 is 18.3 Å². The van der Waals surface area contributed by atoms with Crippen molar-refractivity contribution >= 4 is 11.6 Å². The molecule has 2 aromatic rings. The van der Waals surface area contributed by atoms with Gasteiger partial charge in [-0.15, -0.1) is 0 Å². The van der Waals surface area contributed by atoms with E-state index in [1.54, 1.807) is 11.4 Å². The Bertz CT molecular complexity index is 685. The molecule has 1 N–H and O–H groups in total. The molecule has 0 spiro atoms. The predicted octanol–water partition coefficient (Wildman–Crippen LogP) is 1.67. The number of hydrogen-bond acceptors (Lipinski definition) is 4. The summed E-state index contributed by atoms with van der Waals surface area (Å²) in [6.45, 7) is 4.99. The number of nitrogens with one attached hydrogen (secondary N) is 1. The molecule has 0 atom stereocenters. The van der Waals surface area contributed by atoms with Gasteiger partial charge in [-0.3, -0.25) is 4.79 Å². The molecule has 0 fully saturated rings. The number of hydrogen-bond donors (Lipinski definition) is 1. The molecule has 1 amide bonds. The average Bonchev–Trinajstić information content (AvgIpc) is 2.74. The topological polar surface area (TPSA) is 68.5 Å². The van der Waals surface area contributed by atoms with E-state index in [1.165, 1.54) is 0 Å². The minimum Gasteiger partial charge on any atom is -0.374 e. The molecule has 0 radical (unpaired) electrons. The van der Waals surface area contributed by atoms with E-state index in [-0.39, 0.29) is 19.1 Å². The summed E-state index contributed by atoms with van der Waals surface area (Å²) in [5.74, 6) is -0.342. The Morgan fingerprint density at radius 3 is 2.82 bits per heavy atom. The third-order valence-corrected chi connectivity index (χ3v) is 3.07. The van der Waals surface area contributed by atoms with Gasteiger partial charge in [-0.2, -0.15) is 5.10 Å². The van der Waals surface area contributed by atoms with Gasteiger partial charge in [0.2, 0.25) is 0 Å². The molecule has 22 heavy (non-hydrogen) atoms. The lowest BCUT2D eigenvalue weighted by Crippen LogP contribution is -2.28. The third kappa shape index (κ3) is 3.56. The lowest BCUT2D eigenvalue weighted by atomic mass is 10.2. The molecule has 6 nitrogen and oxygen atoms in total. The summed E-state index contributed by atoms with van der Waals surface area (Å²) in [7, 11) is 0. The highest BCUT2D eigenvalue weighted by Gasteiger charge is 2.19. The second kappa shape index (κ2) is 6.78. The van der Waals surface area contributed by atoms with Gasteiger partial charge in [0.1, 0.15) is 12.2 Å². The van der Waals surface area contributed by atoms with E-state index >= 15 is 0 Å². The Kier molecular flexibility index (Phi) is 5.02. The smallest absolute Gasteiger partial charge is 0.261 e. The highest BCUT2D eigenvalue weighted by molar-refractivity contribution is 6.01. The third-order valence-electron chi connectivity index (χ3n) is 3.07. The molecular weight excluding hydrogens is 294 g/mol. The van der Waals surface area contributed by atoms with Crippen molar-refractivity contribution in [2.24, 2.45) is 0 Å². The minimum atomic E-state index is -2.51. The molecule has 0 bridgehead atoms. The first-order valence-electron chi connectivity index (χ1n) is 6.88. The second-order valence-corrected chi connectivity index (χ2v) is 4.96. The van der Waals surface area contributed by atoms with Gasteiger partial charge in [-0.05, 0) is 26.8 Å². The molecule has 120 valence electrons. The van der Waals surface area contributed by atoms with Crippen LogP contribution in [0.2, 0.25) is 0 Å². The summed E-state index contributed by atoms with van der Waals surface area (Å²) < 4.78 is 30.2. The molecule has 2 aromatic heterocycles. The standard InChI is InChI=1S/C14H18F2N4O2/c1-8-6-9(2)20-13(18-8)12(10(3)19-20)14(21)17-4-5-22-7-11(15)16/h6,11H,4-5,7H2,1-3H3,(H,17,21). The monoisotopic (exact) mass is 312 g/mol. The van der Waals surface area contributed by atoms with Crippen LogP contribution in [0.15, 0.2) is 6.07 Å². The van der Waals surface area contributed by atoms with Gasteiger partial charge in [0, 0.05) is 17.9 Å². The zero-order valence-corrected chi connectivity index (χ0v) is 12.7. The van der Waals surface area contributed by atoms with Crippen LogP contribution in [0.4, 0.5) is 8.78 Å². The first-order valence-corrected chi connectivity index (χ1v) is 6.88. The van der Waals surface area contributed by atoms with E-state index in [0.717, 1.165) is 11.4 Å². The first-order chi connectivity index (χ1) is 10.4. The summed E-state index contributed by atoms with van der Waals surface area (Å²) in [6.07, 6.45) is -2.51. The molecule has 0 aliphatic carbocycles. The molecule has 8 heteroatoms. The first kappa shape index (κ1) is 16.3. The average molecular weight is 312 g/mol. The summed E-state index contributed by atoms with van der Waals surface area (Å²) in [4.78, 5) is 16.6. The van der Waals surface area contributed by atoms with Crippen molar-refractivity contribution in [2.45, 2.75) is 27.2 Å². The maximum atomic E-state index is 12.3. The number of fused-ring (bicyclic) bond motifs is 1. The van der Waals surface area contributed by atoms with Crippen LogP contribution in [0.1, 0.15) is 27.4 Å². The van der Waals surface area contributed by atoms with E-state index in [2.05, 4.69) is 15.4 Å². The summed E-state index contributed by atoms with van der Waals surface area (Å²) >= 11 is 0. The number of rotatable bonds is 6. The number of ether oxygens (including phenoxy) is 1. The Morgan fingerprint density at radius 2 is 2.14 bits per heavy atom. The van der Waals surface area contributed by atoms with Crippen molar-refractivity contribution in [3.63, 3.8) is 0 Å². The van der Waals surface area contributed by atoms with Crippen LogP contribution >= 0.6 is 0 Å². The number of alkyl halides is 2. The van der Waals surface area contributed by atoms with Crippen LogP contribution in [0.25, 0.3) is 5.65 Å². The van der Waals surface area contributed by atoms with E-state index in [1.807, 2.05) is 19.9 Å². The quantitative estimate of drug-likeness (QED) is 0.824. The highest BCUT2D eigenvalue weighted by Crippen LogP contribution is 2.15. The van der Waals surface area contributed by atoms with Crippen LogP contribution in [-0.2, 0) is 4.74 Å². The predicted molar refractivity (Wildman–Crippen MR) is 76.4 cm³/mol. The van der Waals surface area contributed by atoms with Crippen LogP contribution in [-0.4, -0.2) is 46.7 Å². The van der Waals surface area contributed by atoms with Gasteiger partial charge >= 0.3 is 0 Å². The summed E-state index contributed by atoms with van der Waals surface area (Å²) in [5, 5.41) is 6.93. The summed E-state index contributed by atoms with van der Waals surface area (Å²) in [5.41, 5.74) is 3.11. The van der Waals surface area contributed by atoms with Crippen molar-refractivity contribution in [3.05, 3.63) is 28.7 Å². The van der Waals surface area contributed by atoms with Gasteiger partial charge in [0.25, 0.3) is 12.3 Å². The number of carbonyl (C=O) groups excluding carboxylic acids is 1. The number of aromatic nitrogens is 3. The molecule has 0 aliphatic rings. The highest BCUT2D eigenvalue weighted by atomic mass is 19.3. The van der Waals surface area contributed by atoms with Gasteiger partial charge < -0.3 is 10.1 Å². The minimum absolute atomic E-state index is 0.0276. The number of halogens is 2. The van der Waals surface area contributed by atoms with E-state index in [9.17, 15) is 13.6 Å². The number of aryl methyl sites for hydroxylation is 3. The van der Waals surface area contributed by atoms with Crippen LogP contribution in [0.5, 0.6) is 0 Å². The van der Waals surface area contributed by atoms with Gasteiger partial charge in [0.05, 0.1) is 12.3 Å². The Morgan fingerprint density at radius 1 is 1.41 bits per heavy atom. The van der Waals surface area contributed by atoms with Crippen LogP contribution in [0, 0.1) is 20.8 Å². The molecular formula is C14H18F2N4O2. The molecule has 0 saturated heterocycles. The zero-order valence-electron chi connectivity index (χ0n) is 12.7. The Balaban J connectivity index is 2.10. The number of nitrogens with zero attached hydrogens (tertiary/aromatic N) is 3. The fourth-order valence-corrected chi connectivity index (χ4v) is 2.19. The number of amides is 1. The molecule has 2 rings (SSSR count). The van der Waals surface area contributed by atoms with Gasteiger partial charge in [0.15, 0.2) is 5.65 Å². The van der Waals surface area contributed by atoms with Crippen LogP contribution < -0.4 is 5.32 Å². The van der Waals surface area contributed by atoms with Crippen molar-refractivity contribution in [3.8, 4) is 0 Å². The maximum absolute atomic E-state index is 12.3. The lowest BCUT2D eigenvalue weighted by Gasteiger charge is -2.06. The SMILES string of the molecule is Cc1cc(C)n2nc(C)c(C(=O)NCCOCC(F)F)c2n1. The normalized spacial score (nSPS) is 11.4. The molecule has 0 unspecified atom stereocenters. The molecule has 2 heterocycles. The Labute approximate surface area is 126 Å². The summed E-state index contributed by atoms with van der Waals surface area (Å²) in [6, 6.07) is 1.87. The fraction of sp³-hybridized carbons (Fsp3) is 0.500. The van der Waals surface area contributed by atoms with Crippen molar-refractivity contribution in [2.75, 3.05) is 19.8 Å². The molecule has 0 aliphatic heterocycles. The zero-order chi connectivity index (χ0) is 16.3. The fourth-order valence-electron chi connectivity index (χ4n) is 2.19. The van der Waals surface area contributed by atoms with Crippen LogP contribution in [0.3, 0.4) is 0 Å². The lowest BCUT2D eigenvalue weighted by molar-refractivity contribution is 0.0188. The second-order valence-electron chi connectivity index (χ2n) is 4.96. The molecule has 0 aromatic carbocycles. The number of carbonyl (C=O) groups is 1. The van der Waals surface area contributed by atoms with Gasteiger partial charge in [-0.25, -0.2) is 18.3 Å². The Hall–Kier alpha value is -2.09. The van der Waals surface area contributed by atoms with E-state index in [0.29, 0.717) is 16.9 Å². The molecule has 0 saturated carbocycles. The van der Waals surface area contributed by atoms with Gasteiger partial charge in [-0.1, -0.05) is 0 Å². The van der Waals surface area contributed by atoms with Crippen molar-refractivity contribution in [1.82, 2.24) is 19.9 Å².